The van der Waals surface area contributed by atoms with Crippen molar-refractivity contribution in [2.75, 3.05) is 0 Å². The summed E-state index contributed by atoms with van der Waals surface area (Å²) in [7, 11) is -4.87. The summed E-state index contributed by atoms with van der Waals surface area (Å²) < 4.78 is 15.2. The molecule has 6 heteroatoms. The minimum absolute atomic E-state index is 0.521. The lowest BCUT2D eigenvalue weighted by Crippen LogP contribution is -2.62. The van der Waals surface area contributed by atoms with Gasteiger partial charge in [0.1, 0.15) is 0 Å². The van der Waals surface area contributed by atoms with Crippen LogP contribution in [-0.4, -0.2) is 42.7 Å². The Morgan fingerprint density at radius 2 is 1.28 bits per heavy atom. The zero-order valence-corrected chi connectivity index (χ0v) is 17.2. The van der Waals surface area contributed by atoms with Crippen molar-refractivity contribution in [3.63, 3.8) is 0 Å². The van der Waals surface area contributed by atoms with E-state index >= 15 is 0 Å². The molecule has 18 heavy (non-hydrogen) atoms. The molecule has 0 aliphatic rings. The first kappa shape index (κ1) is 18.5. The average Bonchev–Trinajstić information content (AvgIpc) is 1.93. The predicted octanol–water partition coefficient (Wildman–Crippen LogP) is 3.53. The fourth-order valence-corrected chi connectivity index (χ4v) is 16.0. The maximum atomic E-state index is 6.54. The van der Waals surface area contributed by atoms with Gasteiger partial charge >= 0.3 is 8.56 Å². The molecule has 0 radical (unpaired) electrons. The molecule has 0 heterocycles. The van der Waals surface area contributed by atoms with Gasteiger partial charge in [-0.25, -0.2) is 0 Å². The molecule has 3 nitrogen and oxygen atoms in total. The number of hydrogen-bond acceptors (Lipinski definition) is 3. The number of hydrogen-bond donors (Lipinski definition) is 0. The molecule has 0 aromatic carbocycles. The molecule has 0 spiro atoms. The Balaban J connectivity index is 4.90. The van der Waals surface area contributed by atoms with Crippen LogP contribution in [0.5, 0.6) is 0 Å². The van der Waals surface area contributed by atoms with Gasteiger partial charge in [0.05, 0.1) is 0 Å². The van der Waals surface area contributed by atoms with E-state index in [4.69, 9.17) is 8.23 Å². The molecule has 0 saturated carbocycles. The molecule has 0 amide bonds. The van der Waals surface area contributed by atoms with E-state index in [1.54, 1.807) is 0 Å². The molecule has 0 aliphatic heterocycles. The third-order valence-electron chi connectivity index (χ3n) is 2.75. The van der Waals surface area contributed by atoms with E-state index < -0.39 is 26.1 Å². The van der Waals surface area contributed by atoms with E-state index in [0.717, 1.165) is 0 Å². The monoisotopic (exact) mass is 307 g/mol. The maximum absolute atomic E-state index is 6.54. The molecule has 0 unspecified atom stereocenters. The highest BCUT2D eigenvalue weighted by atomic mass is 28.5. The van der Waals surface area contributed by atoms with E-state index in [1.165, 1.54) is 0 Å². The van der Waals surface area contributed by atoms with Gasteiger partial charge in [0.15, 0.2) is 9.04 Å². The van der Waals surface area contributed by atoms with Crippen molar-refractivity contribution >= 4 is 26.1 Å². The van der Waals surface area contributed by atoms with E-state index in [9.17, 15) is 0 Å². The predicted molar refractivity (Wildman–Crippen MR) is 88.1 cm³/mol. The molecule has 0 aromatic heterocycles. The van der Waals surface area contributed by atoms with Crippen LogP contribution in [0.1, 0.15) is 27.7 Å². The second-order valence-electron chi connectivity index (χ2n) is 6.71. The van der Waals surface area contributed by atoms with Gasteiger partial charge in [-0.1, -0.05) is 27.7 Å². The van der Waals surface area contributed by atoms with Crippen LogP contribution in [0.3, 0.4) is 0 Å². The Labute approximate surface area is 118 Å². The second kappa shape index (κ2) is 6.81. The van der Waals surface area contributed by atoms with Crippen LogP contribution in [0.2, 0.25) is 39.3 Å². The van der Waals surface area contributed by atoms with Crippen molar-refractivity contribution in [2.24, 2.45) is 0 Å². The summed E-state index contributed by atoms with van der Waals surface area (Å²) in [5.74, 6) is 0. The lowest BCUT2D eigenvalue weighted by atomic mass is 10.3. The van der Waals surface area contributed by atoms with E-state index in [1.807, 2.05) is 0 Å². The Bertz CT molecular complexity index is 248. The second-order valence-corrected chi connectivity index (χ2v) is 16.8. The summed E-state index contributed by atoms with van der Waals surface area (Å²) in [6, 6.07) is 1.04. The molecule has 0 aromatic rings. The molecule has 0 atom stereocenters. The van der Waals surface area contributed by atoms with Crippen LogP contribution in [-0.2, 0) is 8.23 Å². The molecule has 0 saturated heterocycles. The molecule has 0 bridgehead atoms. The Morgan fingerprint density at radius 3 is 1.56 bits per heavy atom. The smallest absolute Gasteiger partial charge is 0.311 e. The van der Waals surface area contributed by atoms with Crippen LogP contribution in [0.4, 0.5) is 0 Å². The van der Waals surface area contributed by atoms with Crippen LogP contribution >= 0.6 is 0 Å². The van der Waals surface area contributed by atoms with Crippen LogP contribution in [0, 0.1) is 0 Å². The summed E-state index contributed by atoms with van der Waals surface area (Å²) >= 11 is 0. The topological polar surface area (TPSA) is 21.7 Å². The van der Waals surface area contributed by atoms with Crippen molar-refractivity contribution in [3.05, 3.63) is 0 Å². The van der Waals surface area contributed by atoms with Crippen molar-refractivity contribution in [3.8, 4) is 0 Å². The largest absolute Gasteiger partial charge is 0.440 e. The minimum Gasteiger partial charge on any atom is -0.440 e. The fourth-order valence-electron chi connectivity index (χ4n) is 3.09. The van der Waals surface area contributed by atoms with Gasteiger partial charge in [-0.2, -0.15) is 0 Å². The third kappa shape index (κ3) is 6.12. The highest BCUT2D eigenvalue weighted by Gasteiger charge is 2.41. The molecular weight excluding hydrogens is 274 g/mol. The molecule has 0 aliphatic carbocycles. The standard InChI is InChI=1S/C12H33NO2Si3/c1-11(2)13(12(3)4)17(7,8)15-18(9,10)14-16(5)6/h11-12,16H,1-10H3. The first-order chi connectivity index (χ1) is 7.89. The summed E-state index contributed by atoms with van der Waals surface area (Å²) in [5.41, 5.74) is 0. The third-order valence-corrected chi connectivity index (χ3v) is 13.1. The first-order valence-corrected chi connectivity index (χ1v) is 15.5. The first-order valence-electron chi connectivity index (χ1n) is 7.05. The van der Waals surface area contributed by atoms with E-state index in [0.29, 0.717) is 12.1 Å². The van der Waals surface area contributed by atoms with Crippen molar-refractivity contribution < 1.29 is 8.23 Å². The van der Waals surface area contributed by atoms with Gasteiger partial charge in [0.25, 0.3) is 8.48 Å². The zero-order chi connectivity index (χ0) is 14.7. The highest BCUT2D eigenvalue weighted by molar-refractivity contribution is 6.83. The van der Waals surface area contributed by atoms with Crippen LogP contribution in [0.25, 0.3) is 0 Å². The van der Waals surface area contributed by atoms with Gasteiger partial charge in [-0.3, -0.25) is 4.57 Å². The summed E-state index contributed by atoms with van der Waals surface area (Å²) in [4.78, 5) is 0. The highest BCUT2D eigenvalue weighted by Crippen LogP contribution is 2.24. The van der Waals surface area contributed by atoms with Crippen molar-refractivity contribution in [1.29, 1.82) is 0 Å². The normalized spacial score (nSPS) is 14.3. The Hall–Kier alpha value is 0.531. The summed E-state index contributed by atoms with van der Waals surface area (Å²) in [6.07, 6.45) is 0. The fraction of sp³-hybridized carbons (Fsp3) is 1.00. The zero-order valence-electron chi connectivity index (χ0n) is 14.0. The lowest BCUT2D eigenvalue weighted by molar-refractivity contribution is 0.241. The van der Waals surface area contributed by atoms with Gasteiger partial charge < -0.3 is 8.23 Å². The molecule has 0 fully saturated rings. The van der Waals surface area contributed by atoms with Gasteiger partial charge in [0, 0.05) is 0 Å². The van der Waals surface area contributed by atoms with E-state index in [-0.39, 0.29) is 0 Å². The van der Waals surface area contributed by atoms with Gasteiger partial charge in [0.2, 0.25) is 0 Å². The van der Waals surface area contributed by atoms with Crippen molar-refractivity contribution in [2.45, 2.75) is 79.1 Å². The Kier molecular flexibility index (Phi) is 7.01. The summed E-state index contributed by atoms with van der Waals surface area (Å²) in [6.45, 7) is 22.4. The lowest BCUT2D eigenvalue weighted by Gasteiger charge is -2.45. The van der Waals surface area contributed by atoms with Crippen LogP contribution in [0.15, 0.2) is 0 Å². The summed E-state index contributed by atoms with van der Waals surface area (Å²) in [5, 5.41) is 0. The van der Waals surface area contributed by atoms with E-state index in [2.05, 4.69) is 71.5 Å². The SMILES string of the molecule is CC(C)N(C(C)C)[Si](C)(C)O[Si](C)(C)O[SiH](C)C. The van der Waals surface area contributed by atoms with Gasteiger partial charge in [-0.05, 0) is 51.4 Å². The van der Waals surface area contributed by atoms with Crippen LogP contribution < -0.4 is 0 Å². The van der Waals surface area contributed by atoms with Gasteiger partial charge in [-0.15, -0.1) is 0 Å². The molecule has 0 N–H and O–H groups in total. The Morgan fingerprint density at radius 1 is 0.889 bits per heavy atom. The minimum atomic E-state index is -1.97. The number of rotatable bonds is 7. The molecular formula is C12H33NO2Si3. The quantitative estimate of drug-likeness (QED) is 0.672. The average molecular weight is 308 g/mol. The molecule has 110 valence electrons. The van der Waals surface area contributed by atoms with Crippen molar-refractivity contribution in [1.82, 2.24) is 4.57 Å². The number of nitrogens with zero attached hydrogens (tertiary/aromatic N) is 1. The molecule has 0 rings (SSSR count). The maximum Gasteiger partial charge on any atom is 0.311 e.